The van der Waals surface area contributed by atoms with Gasteiger partial charge in [-0.25, -0.2) is 0 Å². The molecule has 0 spiro atoms. The van der Waals surface area contributed by atoms with Gasteiger partial charge in [-0.1, -0.05) is 19.9 Å². The zero-order valence-electron chi connectivity index (χ0n) is 9.57. The van der Waals surface area contributed by atoms with E-state index in [0.29, 0.717) is 6.04 Å². The van der Waals surface area contributed by atoms with Crippen molar-refractivity contribution in [1.82, 2.24) is 10.3 Å². The molecule has 3 N–H and O–H groups in total. The maximum Gasteiger partial charge on any atom is 0.0565 e. The van der Waals surface area contributed by atoms with Gasteiger partial charge in [0, 0.05) is 4.88 Å². The number of hydrogen-bond donors (Lipinski definition) is 2. The summed E-state index contributed by atoms with van der Waals surface area (Å²) in [5.41, 5.74) is 2.89. The van der Waals surface area contributed by atoms with Crippen LogP contribution in [0, 0.1) is 0 Å². The predicted molar refractivity (Wildman–Crippen MR) is 66.8 cm³/mol. The minimum Gasteiger partial charge on any atom is -0.304 e. The van der Waals surface area contributed by atoms with Crippen LogP contribution in [0.15, 0.2) is 17.5 Å². The average Bonchev–Trinajstić information content (AvgIpc) is 2.78. The van der Waals surface area contributed by atoms with E-state index >= 15 is 0 Å². The van der Waals surface area contributed by atoms with Gasteiger partial charge in [0.15, 0.2) is 0 Å². The zero-order valence-corrected chi connectivity index (χ0v) is 10.4. The van der Waals surface area contributed by atoms with Gasteiger partial charge in [0.05, 0.1) is 6.04 Å². The van der Waals surface area contributed by atoms with Crippen LogP contribution in [0.5, 0.6) is 0 Å². The molecule has 4 heteroatoms. The molecular weight excluding hydrogens is 206 g/mol. The Morgan fingerprint density at radius 2 is 2.20 bits per heavy atom. The molecule has 0 fully saturated rings. The van der Waals surface area contributed by atoms with Crippen molar-refractivity contribution in [1.29, 1.82) is 0 Å². The van der Waals surface area contributed by atoms with Gasteiger partial charge in [-0.15, -0.1) is 11.3 Å². The van der Waals surface area contributed by atoms with Crippen LogP contribution >= 0.6 is 11.3 Å². The summed E-state index contributed by atoms with van der Waals surface area (Å²) in [5, 5.41) is 2.09. The molecule has 86 valence electrons. The Morgan fingerprint density at radius 3 is 2.67 bits per heavy atom. The molecule has 1 atom stereocenters. The van der Waals surface area contributed by atoms with Crippen LogP contribution in [0.25, 0.3) is 0 Å². The fraction of sp³-hybridized carbons (Fsp3) is 0.636. The Hall–Kier alpha value is -0.420. The van der Waals surface area contributed by atoms with Crippen LogP contribution in [0.3, 0.4) is 0 Å². The van der Waals surface area contributed by atoms with E-state index in [0.717, 1.165) is 26.1 Å². The summed E-state index contributed by atoms with van der Waals surface area (Å²) < 4.78 is 0. The number of thiophene rings is 1. The van der Waals surface area contributed by atoms with E-state index in [9.17, 15) is 0 Å². The molecule has 0 saturated heterocycles. The molecule has 0 aromatic carbocycles. The van der Waals surface area contributed by atoms with Gasteiger partial charge >= 0.3 is 0 Å². The molecule has 1 aromatic rings. The Morgan fingerprint density at radius 1 is 1.47 bits per heavy atom. The molecule has 1 unspecified atom stereocenters. The summed E-state index contributed by atoms with van der Waals surface area (Å²) >= 11 is 1.76. The third-order valence-corrected chi connectivity index (χ3v) is 3.70. The highest BCUT2D eigenvalue weighted by atomic mass is 32.1. The third kappa shape index (κ3) is 3.91. The molecule has 0 aliphatic rings. The van der Waals surface area contributed by atoms with E-state index in [2.05, 4.69) is 41.7 Å². The first-order valence-corrected chi connectivity index (χ1v) is 6.41. The number of nitrogens with zero attached hydrogens (tertiary/aromatic N) is 1. The first-order chi connectivity index (χ1) is 7.31. The quantitative estimate of drug-likeness (QED) is 0.553. The summed E-state index contributed by atoms with van der Waals surface area (Å²) in [7, 11) is 0. The van der Waals surface area contributed by atoms with Crippen LogP contribution in [0.1, 0.15) is 31.2 Å². The van der Waals surface area contributed by atoms with Crippen molar-refractivity contribution in [3.8, 4) is 0 Å². The van der Waals surface area contributed by atoms with Crippen LogP contribution in [0.2, 0.25) is 0 Å². The van der Waals surface area contributed by atoms with E-state index in [1.165, 1.54) is 4.88 Å². The van der Waals surface area contributed by atoms with Crippen LogP contribution in [-0.4, -0.2) is 24.5 Å². The second-order valence-corrected chi connectivity index (χ2v) is 4.53. The zero-order chi connectivity index (χ0) is 11.1. The van der Waals surface area contributed by atoms with Crippen molar-refractivity contribution in [3.63, 3.8) is 0 Å². The first-order valence-electron chi connectivity index (χ1n) is 5.53. The molecule has 0 aliphatic heterocycles. The Bertz CT molecular complexity index is 244. The van der Waals surface area contributed by atoms with Crippen molar-refractivity contribution in [2.45, 2.75) is 26.3 Å². The van der Waals surface area contributed by atoms with Gasteiger partial charge in [-0.2, -0.15) is 0 Å². The van der Waals surface area contributed by atoms with Crippen molar-refractivity contribution < 1.29 is 0 Å². The fourth-order valence-corrected chi connectivity index (χ4v) is 2.47. The van der Waals surface area contributed by atoms with Gasteiger partial charge in [0.2, 0.25) is 0 Å². The molecule has 3 nitrogen and oxygen atoms in total. The number of nitrogens with one attached hydrogen (secondary N) is 1. The lowest BCUT2D eigenvalue weighted by molar-refractivity contribution is 0.283. The molecule has 1 aromatic heterocycles. The molecular formula is C11H21N3S. The van der Waals surface area contributed by atoms with Crippen molar-refractivity contribution in [2.24, 2.45) is 5.84 Å². The van der Waals surface area contributed by atoms with Gasteiger partial charge in [-0.3, -0.25) is 11.3 Å². The standard InChI is InChI=1S/C11H21N3S/c1-3-14(4-2)8-7-10(13-12)11-6-5-9-15-11/h5-6,9-10,13H,3-4,7-8,12H2,1-2H3. The molecule has 0 aliphatic carbocycles. The van der Waals surface area contributed by atoms with Crippen LogP contribution in [0.4, 0.5) is 0 Å². The average molecular weight is 227 g/mol. The van der Waals surface area contributed by atoms with Crippen molar-refractivity contribution >= 4 is 11.3 Å². The second kappa shape index (κ2) is 6.95. The molecule has 15 heavy (non-hydrogen) atoms. The lowest BCUT2D eigenvalue weighted by atomic mass is 10.1. The van der Waals surface area contributed by atoms with Crippen LogP contribution < -0.4 is 11.3 Å². The molecule has 0 saturated carbocycles. The highest BCUT2D eigenvalue weighted by Crippen LogP contribution is 2.21. The Balaban J connectivity index is 2.41. The smallest absolute Gasteiger partial charge is 0.0565 e. The highest BCUT2D eigenvalue weighted by Gasteiger charge is 2.11. The topological polar surface area (TPSA) is 41.3 Å². The van der Waals surface area contributed by atoms with Gasteiger partial charge in [0.1, 0.15) is 0 Å². The van der Waals surface area contributed by atoms with E-state index in [-0.39, 0.29) is 0 Å². The summed E-state index contributed by atoms with van der Waals surface area (Å²) in [6.45, 7) is 7.70. The largest absolute Gasteiger partial charge is 0.304 e. The normalized spacial score (nSPS) is 13.3. The Kier molecular flexibility index (Phi) is 5.86. The van der Waals surface area contributed by atoms with Gasteiger partial charge < -0.3 is 4.90 Å². The number of nitrogens with two attached hydrogens (primary N) is 1. The highest BCUT2D eigenvalue weighted by molar-refractivity contribution is 7.10. The summed E-state index contributed by atoms with van der Waals surface area (Å²) in [6.07, 6.45) is 1.07. The van der Waals surface area contributed by atoms with Crippen molar-refractivity contribution in [2.75, 3.05) is 19.6 Å². The van der Waals surface area contributed by atoms with E-state index in [4.69, 9.17) is 5.84 Å². The minimum absolute atomic E-state index is 0.297. The molecule has 0 radical (unpaired) electrons. The SMILES string of the molecule is CCN(CC)CCC(NN)c1cccs1. The lowest BCUT2D eigenvalue weighted by Crippen LogP contribution is -2.32. The summed E-state index contributed by atoms with van der Waals surface area (Å²) in [5.74, 6) is 5.57. The predicted octanol–water partition coefficient (Wildman–Crippen LogP) is 1.98. The monoisotopic (exact) mass is 227 g/mol. The number of hydrazine groups is 1. The molecule has 1 heterocycles. The minimum atomic E-state index is 0.297. The molecule has 1 rings (SSSR count). The van der Waals surface area contributed by atoms with E-state index in [1.807, 2.05) is 0 Å². The molecule has 0 amide bonds. The van der Waals surface area contributed by atoms with Crippen LogP contribution in [-0.2, 0) is 0 Å². The molecule has 0 bridgehead atoms. The van der Waals surface area contributed by atoms with E-state index in [1.54, 1.807) is 11.3 Å². The van der Waals surface area contributed by atoms with Crippen molar-refractivity contribution in [3.05, 3.63) is 22.4 Å². The third-order valence-electron chi connectivity index (χ3n) is 2.72. The second-order valence-electron chi connectivity index (χ2n) is 3.55. The summed E-state index contributed by atoms with van der Waals surface area (Å²) in [6, 6.07) is 4.50. The first kappa shape index (κ1) is 12.6. The number of hydrogen-bond acceptors (Lipinski definition) is 4. The fourth-order valence-electron chi connectivity index (χ4n) is 1.65. The van der Waals surface area contributed by atoms with Gasteiger partial charge in [-0.05, 0) is 37.5 Å². The Labute approximate surface area is 96.2 Å². The maximum atomic E-state index is 5.57. The summed E-state index contributed by atoms with van der Waals surface area (Å²) in [4.78, 5) is 3.74. The van der Waals surface area contributed by atoms with E-state index < -0.39 is 0 Å². The van der Waals surface area contributed by atoms with Gasteiger partial charge in [0.25, 0.3) is 0 Å². The number of rotatable bonds is 7. The lowest BCUT2D eigenvalue weighted by Gasteiger charge is -2.21. The maximum absolute atomic E-state index is 5.57.